The van der Waals surface area contributed by atoms with Crippen LogP contribution in [0, 0.1) is 0 Å². The van der Waals surface area contributed by atoms with E-state index < -0.39 is 0 Å². The van der Waals surface area contributed by atoms with Crippen LogP contribution < -0.4 is 5.32 Å². The Kier molecular flexibility index (Phi) is 3.63. The molecule has 1 fully saturated rings. The molecule has 98 valence electrons. The van der Waals surface area contributed by atoms with Crippen LogP contribution >= 0.6 is 11.3 Å². The Morgan fingerprint density at radius 3 is 3.33 bits per heavy atom. The van der Waals surface area contributed by atoms with Crippen molar-refractivity contribution in [1.29, 1.82) is 0 Å². The van der Waals surface area contributed by atoms with Crippen molar-refractivity contribution < 1.29 is 4.74 Å². The molecule has 3 rings (SSSR count). The summed E-state index contributed by atoms with van der Waals surface area (Å²) in [6, 6.07) is 0.391. The number of imidazole rings is 1. The maximum Gasteiger partial charge on any atom is 0.193 e. The minimum Gasteiger partial charge on any atom is -0.377 e. The molecule has 3 heterocycles. The predicted molar refractivity (Wildman–Crippen MR) is 73.2 cm³/mol. The maximum atomic E-state index is 5.80. The molecule has 1 aliphatic rings. The second kappa shape index (κ2) is 5.38. The van der Waals surface area contributed by atoms with Crippen molar-refractivity contribution >= 4 is 16.3 Å². The van der Waals surface area contributed by atoms with Gasteiger partial charge in [-0.15, -0.1) is 11.3 Å². The van der Waals surface area contributed by atoms with Gasteiger partial charge < -0.3 is 10.1 Å². The molecule has 0 aliphatic carbocycles. The lowest BCUT2D eigenvalue weighted by molar-refractivity contribution is 0.0786. The lowest BCUT2D eigenvalue weighted by Gasteiger charge is -2.22. The van der Waals surface area contributed by atoms with Crippen molar-refractivity contribution in [3.63, 3.8) is 0 Å². The first-order valence-electron chi connectivity index (χ1n) is 6.63. The second-order valence-electron chi connectivity index (χ2n) is 4.74. The Balaban J connectivity index is 1.72. The quantitative estimate of drug-likeness (QED) is 0.899. The third kappa shape index (κ3) is 2.43. The Bertz CT molecular complexity index is 473. The van der Waals surface area contributed by atoms with Crippen LogP contribution in [0.2, 0.25) is 0 Å². The molecule has 0 aromatic carbocycles. The van der Waals surface area contributed by atoms with Gasteiger partial charge in [-0.25, -0.2) is 4.98 Å². The highest BCUT2D eigenvalue weighted by Crippen LogP contribution is 2.19. The van der Waals surface area contributed by atoms with Crippen LogP contribution in [0.15, 0.2) is 17.8 Å². The molecule has 2 aromatic rings. The number of hydrogen-bond donors (Lipinski definition) is 1. The average molecular weight is 265 g/mol. The number of hydrogen-bond acceptors (Lipinski definition) is 4. The Labute approximate surface area is 111 Å². The summed E-state index contributed by atoms with van der Waals surface area (Å²) in [5.41, 5.74) is 1.16. The molecule has 4 nitrogen and oxygen atoms in total. The van der Waals surface area contributed by atoms with Crippen LogP contribution in [0.25, 0.3) is 4.96 Å². The van der Waals surface area contributed by atoms with Gasteiger partial charge in [0.15, 0.2) is 4.96 Å². The zero-order chi connectivity index (χ0) is 12.4. The number of fused-ring (bicyclic) bond motifs is 1. The smallest absolute Gasteiger partial charge is 0.193 e. The lowest BCUT2D eigenvalue weighted by atomic mass is 10.0. The number of rotatable bonds is 5. The molecular weight excluding hydrogens is 246 g/mol. The Hall–Kier alpha value is -0.910. The number of likely N-dealkylation sites (N-methyl/N-ethyl adjacent to an activating group) is 1. The van der Waals surface area contributed by atoms with E-state index in [-0.39, 0.29) is 0 Å². The molecule has 0 spiro atoms. The molecule has 1 saturated heterocycles. The minimum absolute atomic E-state index is 0.352. The van der Waals surface area contributed by atoms with Gasteiger partial charge in [-0.3, -0.25) is 4.40 Å². The molecule has 0 saturated carbocycles. The summed E-state index contributed by atoms with van der Waals surface area (Å²) in [5, 5.41) is 5.60. The molecule has 2 unspecified atom stereocenters. The number of nitrogens with one attached hydrogen (secondary N) is 1. The summed E-state index contributed by atoms with van der Waals surface area (Å²) in [5.74, 6) is 0. The number of aromatic nitrogens is 2. The van der Waals surface area contributed by atoms with E-state index in [1.54, 1.807) is 11.3 Å². The zero-order valence-electron chi connectivity index (χ0n) is 10.6. The number of thiazole rings is 1. The van der Waals surface area contributed by atoms with Gasteiger partial charge in [0.2, 0.25) is 0 Å². The summed E-state index contributed by atoms with van der Waals surface area (Å²) in [7, 11) is 0. The van der Waals surface area contributed by atoms with Gasteiger partial charge in [0.1, 0.15) is 0 Å². The van der Waals surface area contributed by atoms with E-state index in [1.165, 1.54) is 12.8 Å². The van der Waals surface area contributed by atoms with Gasteiger partial charge in [-0.05, 0) is 19.4 Å². The van der Waals surface area contributed by atoms with Crippen molar-refractivity contribution in [2.45, 2.75) is 38.3 Å². The van der Waals surface area contributed by atoms with E-state index in [0.717, 1.165) is 30.2 Å². The number of nitrogens with zero attached hydrogens (tertiary/aromatic N) is 2. The van der Waals surface area contributed by atoms with Crippen molar-refractivity contribution in [3.05, 3.63) is 23.5 Å². The normalized spacial score (nSPS) is 21.7. The molecule has 0 radical (unpaired) electrons. The van der Waals surface area contributed by atoms with Gasteiger partial charge in [-0.1, -0.05) is 6.92 Å². The molecular formula is C13H19N3OS. The molecule has 0 bridgehead atoms. The van der Waals surface area contributed by atoms with Crippen LogP contribution in [0.1, 0.15) is 25.5 Å². The molecule has 2 atom stereocenters. The van der Waals surface area contributed by atoms with Gasteiger partial charge in [0.05, 0.1) is 11.8 Å². The van der Waals surface area contributed by atoms with Gasteiger partial charge in [0.25, 0.3) is 0 Å². The van der Waals surface area contributed by atoms with Crippen molar-refractivity contribution in [2.24, 2.45) is 0 Å². The third-order valence-corrected chi connectivity index (χ3v) is 4.22. The summed E-state index contributed by atoms with van der Waals surface area (Å²) < 4.78 is 7.90. The van der Waals surface area contributed by atoms with E-state index in [1.807, 2.05) is 0 Å². The Morgan fingerprint density at radius 2 is 2.61 bits per heavy atom. The SMILES string of the molecule is CCNC(Cc1cn2ccsc2n1)C1CCCO1. The Morgan fingerprint density at radius 1 is 1.67 bits per heavy atom. The monoisotopic (exact) mass is 265 g/mol. The molecule has 2 aromatic heterocycles. The van der Waals surface area contributed by atoms with Crippen LogP contribution in [-0.4, -0.2) is 34.7 Å². The van der Waals surface area contributed by atoms with E-state index in [4.69, 9.17) is 4.74 Å². The highest BCUT2D eigenvalue weighted by atomic mass is 32.1. The van der Waals surface area contributed by atoms with Crippen molar-refractivity contribution in [2.75, 3.05) is 13.2 Å². The van der Waals surface area contributed by atoms with Crippen molar-refractivity contribution in [1.82, 2.24) is 14.7 Å². The fourth-order valence-corrected chi connectivity index (χ4v) is 3.34. The highest BCUT2D eigenvalue weighted by molar-refractivity contribution is 7.15. The van der Waals surface area contributed by atoms with Gasteiger partial charge in [-0.2, -0.15) is 0 Å². The van der Waals surface area contributed by atoms with Crippen LogP contribution in [0.4, 0.5) is 0 Å². The average Bonchev–Trinajstić information content (AvgIpc) is 3.04. The van der Waals surface area contributed by atoms with E-state index >= 15 is 0 Å². The van der Waals surface area contributed by atoms with Crippen molar-refractivity contribution in [3.8, 4) is 0 Å². The standard InChI is InChI=1S/C13H19N3OS/c1-2-14-11(12-4-3-6-17-12)8-10-9-16-5-7-18-13(16)15-10/h5,7,9,11-12,14H,2-4,6,8H2,1H3. The first-order chi connectivity index (χ1) is 8.86. The van der Waals surface area contributed by atoms with Gasteiger partial charge in [0, 0.05) is 36.8 Å². The second-order valence-corrected chi connectivity index (χ2v) is 5.62. The van der Waals surface area contributed by atoms with Crippen LogP contribution in [0.5, 0.6) is 0 Å². The summed E-state index contributed by atoms with van der Waals surface area (Å²) in [4.78, 5) is 5.73. The largest absolute Gasteiger partial charge is 0.377 e. The molecule has 5 heteroatoms. The maximum absolute atomic E-state index is 5.80. The van der Waals surface area contributed by atoms with E-state index in [9.17, 15) is 0 Å². The third-order valence-electron chi connectivity index (χ3n) is 3.45. The first kappa shape index (κ1) is 12.1. The summed E-state index contributed by atoms with van der Waals surface area (Å²) in [6.07, 6.45) is 7.85. The minimum atomic E-state index is 0.352. The van der Waals surface area contributed by atoms with Crippen LogP contribution in [0.3, 0.4) is 0 Å². The summed E-state index contributed by atoms with van der Waals surface area (Å²) >= 11 is 1.68. The lowest BCUT2D eigenvalue weighted by Crippen LogP contribution is -2.41. The van der Waals surface area contributed by atoms with E-state index in [2.05, 4.69) is 39.4 Å². The van der Waals surface area contributed by atoms with Gasteiger partial charge >= 0.3 is 0 Å². The highest BCUT2D eigenvalue weighted by Gasteiger charge is 2.26. The fraction of sp³-hybridized carbons (Fsp3) is 0.615. The fourth-order valence-electron chi connectivity index (χ4n) is 2.62. The molecule has 0 amide bonds. The first-order valence-corrected chi connectivity index (χ1v) is 7.51. The topological polar surface area (TPSA) is 38.6 Å². The molecule has 1 N–H and O–H groups in total. The van der Waals surface area contributed by atoms with Crippen LogP contribution in [-0.2, 0) is 11.2 Å². The summed E-state index contributed by atoms with van der Waals surface area (Å²) in [6.45, 7) is 4.03. The molecule has 18 heavy (non-hydrogen) atoms. The van der Waals surface area contributed by atoms with E-state index in [0.29, 0.717) is 12.1 Å². The predicted octanol–water partition coefficient (Wildman–Crippen LogP) is 2.10. The molecule has 1 aliphatic heterocycles. The number of ether oxygens (including phenoxy) is 1. The zero-order valence-corrected chi connectivity index (χ0v) is 11.4.